The summed E-state index contributed by atoms with van der Waals surface area (Å²) in [6, 6.07) is 8.79. The summed E-state index contributed by atoms with van der Waals surface area (Å²) in [6.45, 7) is 6.41. The molecule has 0 fully saturated rings. The summed E-state index contributed by atoms with van der Waals surface area (Å²) >= 11 is 6.22. The lowest BCUT2D eigenvalue weighted by molar-refractivity contribution is 0.135. The van der Waals surface area contributed by atoms with Gasteiger partial charge in [0.05, 0.1) is 0 Å². The van der Waals surface area contributed by atoms with Crippen LogP contribution in [0, 0.1) is 5.82 Å². The van der Waals surface area contributed by atoms with Crippen LogP contribution in [0.5, 0.6) is 11.5 Å². The first-order chi connectivity index (χ1) is 11.4. The molecule has 1 aliphatic rings. The molecule has 1 heterocycles. The van der Waals surface area contributed by atoms with E-state index in [9.17, 15) is 4.39 Å². The highest BCUT2D eigenvalue weighted by molar-refractivity contribution is 6.30. The number of benzene rings is 2. The van der Waals surface area contributed by atoms with E-state index in [1.54, 1.807) is 12.1 Å². The molecule has 0 N–H and O–H groups in total. The minimum atomic E-state index is -0.352. The molecule has 0 radical (unpaired) electrons. The SMILES string of the molecule is CCCc1ccc(F)c(OCc2cc(Cl)cc3c2OC(C)(C)C3)c1. The van der Waals surface area contributed by atoms with Gasteiger partial charge in [0.15, 0.2) is 11.6 Å². The lowest BCUT2D eigenvalue weighted by Crippen LogP contribution is -2.25. The van der Waals surface area contributed by atoms with Gasteiger partial charge in [0.1, 0.15) is 18.0 Å². The highest BCUT2D eigenvalue weighted by atomic mass is 35.5. The average molecular weight is 349 g/mol. The van der Waals surface area contributed by atoms with Gasteiger partial charge in [-0.15, -0.1) is 0 Å². The summed E-state index contributed by atoms with van der Waals surface area (Å²) in [5.74, 6) is 0.733. The molecule has 0 amide bonds. The van der Waals surface area contributed by atoms with E-state index in [4.69, 9.17) is 21.1 Å². The van der Waals surface area contributed by atoms with Crippen LogP contribution in [0.25, 0.3) is 0 Å². The van der Waals surface area contributed by atoms with E-state index < -0.39 is 0 Å². The van der Waals surface area contributed by atoms with Gasteiger partial charge in [-0.05, 0) is 55.7 Å². The van der Waals surface area contributed by atoms with Crippen molar-refractivity contribution in [3.63, 3.8) is 0 Å². The Bertz CT molecular complexity index is 756. The van der Waals surface area contributed by atoms with E-state index in [2.05, 4.69) is 6.92 Å². The fourth-order valence-corrected chi connectivity index (χ4v) is 3.37. The fraction of sp³-hybridized carbons (Fsp3) is 0.400. The van der Waals surface area contributed by atoms with Crippen LogP contribution in [0.4, 0.5) is 4.39 Å². The molecule has 2 aromatic rings. The van der Waals surface area contributed by atoms with Crippen molar-refractivity contribution in [1.82, 2.24) is 0 Å². The highest BCUT2D eigenvalue weighted by Crippen LogP contribution is 2.40. The minimum absolute atomic E-state index is 0.228. The highest BCUT2D eigenvalue weighted by Gasteiger charge is 2.32. The van der Waals surface area contributed by atoms with Gasteiger partial charge < -0.3 is 9.47 Å². The van der Waals surface area contributed by atoms with Gasteiger partial charge in [-0.2, -0.15) is 0 Å². The predicted molar refractivity (Wildman–Crippen MR) is 94.6 cm³/mol. The third-order valence-electron chi connectivity index (χ3n) is 4.12. The van der Waals surface area contributed by atoms with Crippen molar-refractivity contribution in [3.8, 4) is 11.5 Å². The first-order valence-corrected chi connectivity index (χ1v) is 8.67. The maximum Gasteiger partial charge on any atom is 0.165 e. The van der Waals surface area contributed by atoms with Crippen molar-refractivity contribution in [2.75, 3.05) is 0 Å². The zero-order chi connectivity index (χ0) is 17.3. The van der Waals surface area contributed by atoms with Crippen molar-refractivity contribution in [1.29, 1.82) is 0 Å². The van der Waals surface area contributed by atoms with E-state index in [0.717, 1.165) is 41.7 Å². The maximum absolute atomic E-state index is 14.0. The summed E-state index contributed by atoms with van der Waals surface area (Å²) in [6.07, 6.45) is 2.71. The lowest BCUT2D eigenvalue weighted by atomic mass is 10.0. The zero-order valence-corrected chi connectivity index (χ0v) is 15.0. The van der Waals surface area contributed by atoms with Crippen LogP contribution >= 0.6 is 11.6 Å². The summed E-state index contributed by atoms with van der Waals surface area (Å²) in [5.41, 5.74) is 2.74. The van der Waals surface area contributed by atoms with E-state index in [-0.39, 0.29) is 23.8 Å². The average Bonchev–Trinajstić information content (AvgIpc) is 2.81. The van der Waals surface area contributed by atoms with E-state index >= 15 is 0 Å². The smallest absolute Gasteiger partial charge is 0.165 e. The van der Waals surface area contributed by atoms with Crippen molar-refractivity contribution >= 4 is 11.6 Å². The van der Waals surface area contributed by atoms with Crippen LogP contribution in [0.1, 0.15) is 43.9 Å². The number of hydrogen-bond acceptors (Lipinski definition) is 2. The Kier molecular flexibility index (Phi) is 4.73. The summed E-state index contributed by atoms with van der Waals surface area (Å²) in [5, 5.41) is 0.647. The van der Waals surface area contributed by atoms with Crippen LogP contribution in [0.3, 0.4) is 0 Å². The van der Waals surface area contributed by atoms with Crippen LogP contribution < -0.4 is 9.47 Å². The molecule has 2 aromatic carbocycles. The van der Waals surface area contributed by atoms with Gasteiger partial charge in [-0.25, -0.2) is 4.39 Å². The van der Waals surface area contributed by atoms with Crippen LogP contribution in [-0.2, 0) is 19.4 Å². The number of rotatable bonds is 5. The van der Waals surface area contributed by atoms with Crippen molar-refractivity contribution in [2.45, 2.75) is 52.2 Å². The second kappa shape index (κ2) is 6.64. The van der Waals surface area contributed by atoms with E-state index in [1.165, 1.54) is 6.07 Å². The molecular weight excluding hydrogens is 327 g/mol. The van der Waals surface area contributed by atoms with Gasteiger partial charge in [0, 0.05) is 17.0 Å². The quantitative estimate of drug-likeness (QED) is 0.687. The van der Waals surface area contributed by atoms with Gasteiger partial charge in [-0.3, -0.25) is 0 Å². The third kappa shape index (κ3) is 3.67. The molecule has 2 nitrogen and oxygen atoms in total. The number of fused-ring (bicyclic) bond motifs is 1. The van der Waals surface area contributed by atoms with Crippen molar-refractivity contribution in [2.24, 2.45) is 0 Å². The molecule has 0 spiro atoms. The van der Waals surface area contributed by atoms with E-state index in [1.807, 2.05) is 26.0 Å². The van der Waals surface area contributed by atoms with Crippen molar-refractivity contribution in [3.05, 3.63) is 57.9 Å². The molecule has 0 atom stereocenters. The van der Waals surface area contributed by atoms with E-state index in [0.29, 0.717) is 5.02 Å². The molecule has 0 aromatic heterocycles. The molecule has 0 aliphatic carbocycles. The first kappa shape index (κ1) is 17.1. The summed E-state index contributed by atoms with van der Waals surface area (Å²) in [4.78, 5) is 0. The molecule has 0 saturated heterocycles. The maximum atomic E-state index is 14.0. The Morgan fingerprint density at radius 2 is 2.04 bits per heavy atom. The van der Waals surface area contributed by atoms with Gasteiger partial charge in [0.2, 0.25) is 0 Å². The van der Waals surface area contributed by atoms with Crippen molar-refractivity contribution < 1.29 is 13.9 Å². The normalized spacial score (nSPS) is 15.0. The topological polar surface area (TPSA) is 18.5 Å². The Hall–Kier alpha value is -1.74. The Morgan fingerprint density at radius 3 is 2.79 bits per heavy atom. The molecular formula is C20H22ClFO2. The molecule has 4 heteroatoms. The summed E-state index contributed by atoms with van der Waals surface area (Å²) in [7, 11) is 0. The number of aryl methyl sites for hydroxylation is 1. The Labute approximate surface area is 147 Å². The summed E-state index contributed by atoms with van der Waals surface area (Å²) < 4.78 is 25.8. The van der Waals surface area contributed by atoms with Gasteiger partial charge in [-0.1, -0.05) is 31.0 Å². The predicted octanol–water partition coefficient (Wildman–Crippen LogP) is 5.72. The lowest BCUT2D eigenvalue weighted by Gasteiger charge is -2.18. The van der Waals surface area contributed by atoms with Gasteiger partial charge >= 0.3 is 0 Å². The second-order valence-electron chi connectivity index (χ2n) is 6.90. The van der Waals surface area contributed by atoms with Crippen LogP contribution in [0.2, 0.25) is 5.02 Å². The Balaban J connectivity index is 1.82. The molecule has 3 rings (SSSR count). The molecule has 0 saturated carbocycles. The number of hydrogen-bond donors (Lipinski definition) is 0. The largest absolute Gasteiger partial charge is 0.487 e. The minimum Gasteiger partial charge on any atom is -0.487 e. The molecule has 1 aliphatic heterocycles. The van der Waals surface area contributed by atoms with Crippen LogP contribution in [-0.4, -0.2) is 5.60 Å². The molecule has 24 heavy (non-hydrogen) atoms. The standard InChI is InChI=1S/C20H22ClFO2/c1-4-5-13-6-7-17(22)18(8-13)23-12-15-10-16(21)9-14-11-20(2,3)24-19(14)15/h6-10H,4-5,11-12H2,1-3H3. The Morgan fingerprint density at radius 1 is 1.25 bits per heavy atom. The zero-order valence-electron chi connectivity index (χ0n) is 14.3. The first-order valence-electron chi connectivity index (χ1n) is 8.29. The molecule has 128 valence electrons. The molecule has 0 bridgehead atoms. The van der Waals surface area contributed by atoms with Gasteiger partial charge in [0.25, 0.3) is 0 Å². The molecule has 0 unspecified atom stereocenters. The number of halogens is 2. The number of ether oxygens (including phenoxy) is 2. The third-order valence-corrected chi connectivity index (χ3v) is 4.34. The second-order valence-corrected chi connectivity index (χ2v) is 7.33. The fourth-order valence-electron chi connectivity index (χ4n) is 3.11. The monoisotopic (exact) mass is 348 g/mol. The van der Waals surface area contributed by atoms with Crippen LogP contribution in [0.15, 0.2) is 30.3 Å².